The van der Waals surface area contributed by atoms with Crippen LogP contribution in [0.4, 0.5) is 5.82 Å². The molecule has 2 aromatic heterocycles. The molecule has 3 N–H and O–H groups in total. The smallest absolute Gasteiger partial charge is 0.364 e. The minimum absolute atomic E-state index is 0.312. The van der Waals surface area contributed by atoms with Crippen molar-refractivity contribution >= 4 is 11.5 Å². The molecule has 1 aliphatic rings. The first-order valence-electron chi connectivity index (χ1n) is 6.25. The van der Waals surface area contributed by atoms with Gasteiger partial charge in [0, 0.05) is 12.6 Å². The van der Waals surface area contributed by atoms with Crippen LogP contribution in [0.1, 0.15) is 19.3 Å². The van der Waals surface area contributed by atoms with E-state index in [1.165, 1.54) is 17.4 Å². The van der Waals surface area contributed by atoms with E-state index in [4.69, 9.17) is 0 Å². The van der Waals surface area contributed by atoms with Crippen molar-refractivity contribution in [2.45, 2.75) is 25.3 Å². The summed E-state index contributed by atoms with van der Waals surface area (Å²) < 4.78 is 1.27. The standard InChI is InChI=1S/C11H16N6O/c18-11-15-14-10-5-4-9(16-17(10)11)13-8-3-1-2-6-12-7-8/h4-5,8,12H,1-3,6-7H2,(H,13,16)(H,15,18). The second-order valence-corrected chi connectivity index (χ2v) is 4.56. The molecule has 96 valence electrons. The predicted molar refractivity (Wildman–Crippen MR) is 67.7 cm³/mol. The first-order valence-corrected chi connectivity index (χ1v) is 6.25. The third-order valence-corrected chi connectivity index (χ3v) is 3.17. The van der Waals surface area contributed by atoms with Crippen molar-refractivity contribution in [1.82, 2.24) is 25.1 Å². The van der Waals surface area contributed by atoms with E-state index >= 15 is 0 Å². The molecule has 18 heavy (non-hydrogen) atoms. The third kappa shape index (κ3) is 2.21. The zero-order valence-electron chi connectivity index (χ0n) is 10.0. The number of fused-ring (bicyclic) bond motifs is 1. The number of anilines is 1. The molecule has 0 spiro atoms. The van der Waals surface area contributed by atoms with Gasteiger partial charge in [0.05, 0.1) is 0 Å². The number of nitrogens with zero attached hydrogens (tertiary/aromatic N) is 3. The van der Waals surface area contributed by atoms with Gasteiger partial charge in [0.15, 0.2) is 5.65 Å². The van der Waals surface area contributed by atoms with Gasteiger partial charge in [-0.15, -0.1) is 5.10 Å². The zero-order chi connectivity index (χ0) is 12.4. The van der Waals surface area contributed by atoms with Crippen LogP contribution in [0.5, 0.6) is 0 Å². The number of nitrogens with one attached hydrogen (secondary N) is 3. The van der Waals surface area contributed by atoms with Crippen molar-refractivity contribution in [2.24, 2.45) is 0 Å². The van der Waals surface area contributed by atoms with E-state index in [2.05, 4.69) is 25.9 Å². The van der Waals surface area contributed by atoms with Crippen LogP contribution in [0.15, 0.2) is 16.9 Å². The fraction of sp³-hybridized carbons (Fsp3) is 0.545. The van der Waals surface area contributed by atoms with E-state index in [0.717, 1.165) is 19.5 Å². The van der Waals surface area contributed by atoms with Crippen LogP contribution in [0, 0.1) is 0 Å². The Balaban J connectivity index is 1.81. The van der Waals surface area contributed by atoms with Gasteiger partial charge >= 0.3 is 5.69 Å². The molecule has 1 saturated heterocycles. The molecule has 0 aliphatic carbocycles. The molecular formula is C11H16N6O. The summed E-state index contributed by atoms with van der Waals surface area (Å²) in [5, 5.41) is 17.2. The Kier molecular flexibility index (Phi) is 2.97. The van der Waals surface area contributed by atoms with Crippen LogP contribution >= 0.6 is 0 Å². The van der Waals surface area contributed by atoms with Crippen LogP contribution < -0.4 is 16.3 Å². The van der Waals surface area contributed by atoms with Crippen molar-refractivity contribution < 1.29 is 0 Å². The number of hydrogen-bond donors (Lipinski definition) is 3. The Morgan fingerprint density at radius 1 is 1.39 bits per heavy atom. The molecular weight excluding hydrogens is 232 g/mol. The van der Waals surface area contributed by atoms with Gasteiger partial charge < -0.3 is 10.6 Å². The maximum atomic E-state index is 11.4. The highest BCUT2D eigenvalue weighted by Gasteiger charge is 2.12. The molecule has 0 bridgehead atoms. The Morgan fingerprint density at radius 3 is 3.28 bits per heavy atom. The minimum Gasteiger partial charge on any atom is -0.365 e. The zero-order valence-corrected chi connectivity index (χ0v) is 10.0. The summed E-state index contributed by atoms with van der Waals surface area (Å²) in [5.74, 6) is 0.708. The molecule has 2 aromatic rings. The number of H-pyrrole nitrogens is 1. The molecule has 1 fully saturated rings. The van der Waals surface area contributed by atoms with Gasteiger partial charge in [-0.3, -0.25) is 0 Å². The molecule has 0 radical (unpaired) electrons. The second-order valence-electron chi connectivity index (χ2n) is 4.56. The average molecular weight is 248 g/mol. The second kappa shape index (κ2) is 4.77. The number of aromatic amines is 1. The molecule has 1 atom stereocenters. The van der Waals surface area contributed by atoms with Crippen molar-refractivity contribution in [3.63, 3.8) is 0 Å². The van der Waals surface area contributed by atoms with Gasteiger partial charge in [-0.1, -0.05) is 6.42 Å². The predicted octanol–water partition coefficient (Wildman–Crippen LogP) is -0.0284. The highest BCUT2D eigenvalue weighted by Crippen LogP contribution is 2.10. The van der Waals surface area contributed by atoms with Crippen LogP contribution in [-0.2, 0) is 0 Å². The Hall–Kier alpha value is -1.89. The van der Waals surface area contributed by atoms with Crippen molar-refractivity contribution in [3.8, 4) is 0 Å². The molecule has 7 nitrogen and oxygen atoms in total. The Morgan fingerprint density at radius 2 is 2.33 bits per heavy atom. The normalized spacial score (nSPS) is 20.8. The van der Waals surface area contributed by atoms with E-state index in [-0.39, 0.29) is 5.69 Å². The number of aromatic nitrogens is 4. The molecule has 3 rings (SSSR count). The van der Waals surface area contributed by atoms with Gasteiger partial charge in [-0.25, -0.2) is 9.89 Å². The van der Waals surface area contributed by atoms with Gasteiger partial charge in [0.2, 0.25) is 0 Å². The summed E-state index contributed by atoms with van der Waals surface area (Å²) in [4.78, 5) is 11.4. The van der Waals surface area contributed by atoms with Gasteiger partial charge in [0.1, 0.15) is 5.82 Å². The van der Waals surface area contributed by atoms with E-state index in [1.807, 2.05) is 6.07 Å². The van der Waals surface area contributed by atoms with Crippen LogP contribution in [-0.4, -0.2) is 38.9 Å². The lowest BCUT2D eigenvalue weighted by Gasteiger charge is -2.16. The lowest BCUT2D eigenvalue weighted by atomic mass is 10.1. The summed E-state index contributed by atoms with van der Waals surface area (Å²) in [6, 6.07) is 3.98. The van der Waals surface area contributed by atoms with Crippen molar-refractivity contribution in [1.29, 1.82) is 0 Å². The first-order chi connectivity index (χ1) is 8.83. The molecule has 1 unspecified atom stereocenters. The molecule has 0 aromatic carbocycles. The average Bonchev–Trinajstić information content (AvgIpc) is 2.61. The maximum Gasteiger partial charge on any atom is 0.364 e. The third-order valence-electron chi connectivity index (χ3n) is 3.17. The number of hydrogen-bond acceptors (Lipinski definition) is 5. The van der Waals surface area contributed by atoms with E-state index in [9.17, 15) is 4.79 Å². The summed E-state index contributed by atoms with van der Waals surface area (Å²) >= 11 is 0. The summed E-state index contributed by atoms with van der Waals surface area (Å²) in [6.45, 7) is 2.01. The van der Waals surface area contributed by atoms with Crippen molar-refractivity contribution in [3.05, 3.63) is 22.6 Å². The van der Waals surface area contributed by atoms with Gasteiger partial charge in [-0.05, 0) is 31.5 Å². The summed E-state index contributed by atoms with van der Waals surface area (Å²) in [6.07, 6.45) is 3.54. The highest BCUT2D eigenvalue weighted by molar-refractivity contribution is 5.43. The SMILES string of the molecule is O=c1[nH]nc2ccc(NC3CCCCNC3)nn12. The lowest BCUT2D eigenvalue weighted by molar-refractivity contribution is 0.631. The van der Waals surface area contributed by atoms with Gasteiger partial charge in [-0.2, -0.15) is 9.61 Å². The van der Waals surface area contributed by atoms with Gasteiger partial charge in [0.25, 0.3) is 0 Å². The molecule has 1 aliphatic heterocycles. The molecule has 7 heteroatoms. The fourth-order valence-corrected chi connectivity index (χ4v) is 2.23. The lowest BCUT2D eigenvalue weighted by Crippen LogP contribution is -2.31. The van der Waals surface area contributed by atoms with Crippen LogP contribution in [0.25, 0.3) is 5.65 Å². The molecule has 3 heterocycles. The largest absolute Gasteiger partial charge is 0.365 e. The number of rotatable bonds is 2. The van der Waals surface area contributed by atoms with Crippen molar-refractivity contribution in [2.75, 3.05) is 18.4 Å². The topological polar surface area (TPSA) is 87.1 Å². The first kappa shape index (κ1) is 11.2. The summed E-state index contributed by atoms with van der Waals surface area (Å²) in [5.41, 5.74) is 0.220. The van der Waals surface area contributed by atoms with Crippen LogP contribution in [0.3, 0.4) is 0 Å². The molecule has 0 saturated carbocycles. The fourth-order valence-electron chi connectivity index (χ4n) is 2.23. The quantitative estimate of drug-likeness (QED) is 0.695. The highest BCUT2D eigenvalue weighted by atomic mass is 16.2. The monoisotopic (exact) mass is 248 g/mol. The van der Waals surface area contributed by atoms with E-state index in [1.54, 1.807) is 6.07 Å². The Labute approximate surface area is 104 Å². The maximum absolute atomic E-state index is 11.4. The minimum atomic E-state index is -0.312. The van der Waals surface area contributed by atoms with Crippen LogP contribution in [0.2, 0.25) is 0 Å². The van der Waals surface area contributed by atoms with E-state index in [0.29, 0.717) is 17.5 Å². The van der Waals surface area contributed by atoms with E-state index < -0.39 is 0 Å². The molecule has 0 amide bonds. The Bertz CT molecular complexity index is 580. The summed E-state index contributed by atoms with van der Waals surface area (Å²) in [7, 11) is 0.